The van der Waals surface area contributed by atoms with Gasteiger partial charge in [0.1, 0.15) is 11.6 Å². The molecule has 22 heavy (non-hydrogen) atoms. The molecule has 1 N–H and O–H groups in total. The Labute approximate surface area is 130 Å². The van der Waals surface area contributed by atoms with Crippen molar-refractivity contribution in [3.63, 3.8) is 0 Å². The smallest absolute Gasteiger partial charge is 0.123 e. The molecular weight excluding hydrogens is 279 g/mol. The van der Waals surface area contributed by atoms with Crippen LogP contribution in [0.5, 0.6) is 5.75 Å². The first-order valence-electron chi connectivity index (χ1n) is 7.63. The van der Waals surface area contributed by atoms with Crippen LogP contribution in [0.2, 0.25) is 0 Å². The molecule has 1 atom stereocenters. The van der Waals surface area contributed by atoms with Gasteiger partial charge < -0.3 is 10.1 Å². The fraction of sp³-hybridized carbons (Fsp3) is 0.333. The molecule has 3 rings (SSSR count). The summed E-state index contributed by atoms with van der Waals surface area (Å²) in [5.41, 5.74) is 2.21. The van der Waals surface area contributed by atoms with Crippen molar-refractivity contribution in [3.05, 3.63) is 65.5 Å². The number of piperazine rings is 1. The normalized spacial score (nSPS) is 17.2. The van der Waals surface area contributed by atoms with Crippen molar-refractivity contribution >= 4 is 0 Å². The van der Waals surface area contributed by atoms with Gasteiger partial charge in [-0.25, -0.2) is 4.39 Å². The van der Waals surface area contributed by atoms with Crippen LogP contribution in [-0.2, 0) is 0 Å². The lowest BCUT2D eigenvalue weighted by atomic mass is 9.95. The van der Waals surface area contributed by atoms with Gasteiger partial charge in [-0.05, 0) is 23.8 Å². The van der Waals surface area contributed by atoms with Gasteiger partial charge in [-0.3, -0.25) is 4.90 Å². The fourth-order valence-electron chi connectivity index (χ4n) is 3.06. The average molecular weight is 300 g/mol. The van der Waals surface area contributed by atoms with E-state index in [4.69, 9.17) is 4.74 Å². The zero-order valence-electron chi connectivity index (χ0n) is 12.8. The number of rotatable bonds is 4. The van der Waals surface area contributed by atoms with Crippen molar-refractivity contribution < 1.29 is 9.13 Å². The van der Waals surface area contributed by atoms with Gasteiger partial charge in [0.25, 0.3) is 0 Å². The van der Waals surface area contributed by atoms with Gasteiger partial charge in [-0.15, -0.1) is 0 Å². The first-order chi connectivity index (χ1) is 10.8. The maximum Gasteiger partial charge on any atom is 0.123 e. The van der Waals surface area contributed by atoms with Crippen molar-refractivity contribution in [1.29, 1.82) is 0 Å². The molecule has 0 spiro atoms. The third kappa shape index (κ3) is 3.13. The molecule has 1 unspecified atom stereocenters. The van der Waals surface area contributed by atoms with E-state index < -0.39 is 0 Å². The van der Waals surface area contributed by atoms with Gasteiger partial charge in [-0.1, -0.05) is 30.3 Å². The predicted octanol–water partition coefficient (Wildman–Crippen LogP) is 2.83. The zero-order chi connectivity index (χ0) is 15.4. The molecule has 1 aliphatic rings. The Morgan fingerprint density at radius 3 is 2.41 bits per heavy atom. The summed E-state index contributed by atoms with van der Waals surface area (Å²) in [6.45, 7) is 3.85. The van der Waals surface area contributed by atoms with E-state index in [0.717, 1.165) is 43.1 Å². The minimum Gasteiger partial charge on any atom is -0.496 e. The molecule has 116 valence electrons. The van der Waals surface area contributed by atoms with Crippen molar-refractivity contribution in [1.82, 2.24) is 10.2 Å². The van der Waals surface area contributed by atoms with Gasteiger partial charge in [0.05, 0.1) is 13.2 Å². The van der Waals surface area contributed by atoms with E-state index in [1.165, 1.54) is 12.1 Å². The average Bonchev–Trinajstić information content (AvgIpc) is 2.58. The van der Waals surface area contributed by atoms with Crippen molar-refractivity contribution in [2.45, 2.75) is 6.04 Å². The Bertz CT molecular complexity index is 609. The van der Waals surface area contributed by atoms with Gasteiger partial charge in [0.2, 0.25) is 0 Å². The zero-order valence-corrected chi connectivity index (χ0v) is 12.8. The molecule has 1 heterocycles. The summed E-state index contributed by atoms with van der Waals surface area (Å²) in [7, 11) is 1.69. The number of ether oxygens (including phenoxy) is 1. The van der Waals surface area contributed by atoms with Crippen LogP contribution in [0.4, 0.5) is 4.39 Å². The second-order valence-corrected chi connectivity index (χ2v) is 5.48. The maximum atomic E-state index is 13.3. The Hall–Kier alpha value is -1.91. The minimum atomic E-state index is -0.206. The summed E-state index contributed by atoms with van der Waals surface area (Å²) in [5, 5.41) is 3.38. The third-order valence-corrected chi connectivity index (χ3v) is 4.14. The Morgan fingerprint density at radius 2 is 1.73 bits per heavy atom. The SMILES string of the molecule is COc1ccccc1C(c1ccc(F)cc1)N1CCNCC1. The molecule has 0 amide bonds. The molecule has 1 fully saturated rings. The van der Waals surface area contributed by atoms with E-state index in [1.54, 1.807) is 7.11 Å². The minimum absolute atomic E-state index is 0.0823. The molecule has 2 aromatic rings. The summed E-state index contributed by atoms with van der Waals surface area (Å²) in [4.78, 5) is 2.42. The lowest BCUT2D eigenvalue weighted by Crippen LogP contribution is -2.45. The fourth-order valence-corrected chi connectivity index (χ4v) is 3.06. The number of methoxy groups -OCH3 is 1. The summed E-state index contributed by atoms with van der Waals surface area (Å²) >= 11 is 0. The van der Waals surface area contributed by atoms with Crippen LogP contribution < -0.4 is 10.1 Å². The van der Waals surface area contributed by atoms with Crippen LogP contribution in [0.3, 0.4) is 0 Å². The van der Waals surface area contributed by atoms with Crippen LogP contribution in [0.15, 0.2) is 48.5 Å². The number of para-hydroxylation sites is 1. The summed E-state index contributed by atoms with van der Waals surface area (Å²) in [5.74, 6) is 0.665. The monoisotopic (exact) mass is 300 g/mol. The van der Waals surface area contributed by atoms with Gasteiger partial charge in [-0.2, -0.15) is 0 Å². The number of hydrogen-bond donors (Lipinski definition) is 1. The molecule has 1 saturated heterocycles. The van der Waals surface area contributed by atoms with Crippen LogP contribution in [0.25, 0.3) is 0 Å². The van der Waals surface area contributed by atoms with Crippen molar-refractivity contribution in [2.24, 2.45) is 0 Å². The topological polar surface area (TPSA) is 24.5 Å². The molecule has 2 aromatic carbocycles. The first-order valence-corrected chi connectivity index (χ1v) is 7.63. The summed E-state index contributed by atoms with van der Waals surface area (Å²) in [6.07, 6.45) is 0. The van der Waals surface area contributed by atoms with Gasteiger partial charge in [0, 0.05) is 31.7 Å². The van der Waals surface area contributed by atoms with E-state index in [-0.39, 0.29) is 11.9 Å². The molecule has 0 bridgehead atoms. The number of hydrogen-bond acceptors (Lipinski definition) is 3. The Morgan fingerprint density at radius 1 is 1.05 bits per heavy atom. The number of halogens is 1. The van der Waals surface area contributed by atoms with Crippen LogP contribution in [0, 0.1) is 5.82 Å². The lowest BCUT2D eigenvalue weighted by Gasteiger charge is -2.36. The molecule has 4 heteroatoms. The van der Waals surface area contributed by atoms with Crippen LogP contribution >= 0.6 is 0 Å². The van der Waals surface area contributed by atoms with Crippen LogP contribution in [-0.4, -0.2) is 38.2 Å². The second kappa shape index (κ2) is 6.90. The highest BCUT2D eigenvalue weighted by molar-refractivity contribution is 5.41. The number of nitrogens with zero attached hydrogens (tertiary/aromatic N) is 1. The second-order valence-electron chi connectivity index (χ2n) is 5.48. The maximum absolute atomic E-state index is 13.3. The van der Waals surface area contributed by atoms with Gasteiger partial charge in [0.15, 0.2) is 0 Å². The molecule has 1 aliphatic heterocycles. The molecule has 0 aromatic heterocycles. The van der Waals surface area contributed by atoms with Crippen molar-refractivity contribution in [2.75, 3.05) is 33.3 Å². The highest BCUT2D eigenvalue weighted by Crippen LogP contribution is 2.34. The molecule has 0 radical (unpaired) electrons. The van der Waals surface area contributed by atoms with E-state index in [9.17, 15) is 4.39 Å². The largest absolute Gasteiger partial charge is 0.496 e. The molecule has 0 aliphatic carbocycles. The van der Waals surface area contributed by atoms with Crippen LogP contribution in [0.1, 0.15) is 17.2 Å². The standard InChI is InChI=1S/C18H21FN2O/c1-22-17-5-3-2-4-16(17)18(21-12-10-20-11-13-21)14-6-8-15(19)9-7-14/h2-9,18,20H,10-13H2,1H3. The van der Waals surface area contributed by atoms with Crippen molar-refractivity contribution in [3.8, 4) is 5.75 Å². The number of benzene rings is 2. The molecular formula is C18H21FN2O. The highest BCUT2D eigenvalue weighted by atomic mass is 19.1. The van der Waals surface area contributed by atoms with E-state index in [0.29, 0.717) is 0 Å². The lowest BCUT2D eigenvalue weighted by molar-refractivity contribution is 0.195. The first kappa shape index (κ1) is 15.0. The Kier molecular flexibility index (Phi) is 4.71. The van der Waals surface area contributed by atoms with Gasteiger partial charge >= 0.3 is 0 Å². The number of nitrogens with one attached hydrogen (secondary N) is 1. The summed E-state index contributed by atoms with van der Waals surface area (Å²) in [6, 6.07) is 14.9. The third-order valence-electron chi connectivity index (χ3n) is 4.14. The molecule has 3 nitrogen and oxygen atoms in total. The quantitative estimate of drug-likeness (QED) is 0.939. The van der Waals surface area contributed by atoms with E-state index in [2.05, 4.69) is 16.3 Å². The molecule has 0 saturated carbocycles. The van der Waals surface area contributed by atoms with E-state index in [1.807, 2.05) is 30.3 Å². The highest BCUT2D eigenvalue weighted by Gasteiger charge is 2.26. The Balaban J connectivity index is 2.03. The predicted molar refractivity (Wildman–Crippen MR) is 85.7 cm³/mol. The summed E-state index contributed by atoms with van der Waals surface area (Å²) < 4.78 is 18.8. The van der Waals surface area contributed by atoms with E-state index >= 15 is 0 Å².